The maximum atomic E-state index is 14.1. The number of carbonyl (C=O) groups excluding carboxylic acids is 2. The Hall–Kier alpha value is -12.7. The van der Waals surface area contributed by atoms with Crippen LogP contribution in [0, 0.1) is 0 Å². The molecule has 2 aliphatic heterocycles. The molecule has 0 radical (unpaired) electrons. The van der Waals surface area contributed by atoms with Crippen molar-refractivity contribution in [2.24, 2.45) is 0 Å². The number of hydrogen-bond donors (Lipinski definition) is 0. The summed E-state index contributed by atoms with van der Waals surface area (Å²) >= 11 is 0. The summed E-state index contributed by atoms with van der Waals surface area (Å²) in [7, 11) is 0. The molecule has 96 heavy (non-hydrogen) atoms. The van der Waals surface area contributed by atoms with Crippen LogP contribution < -0.4 is 26.2 Å². The topological polar surface area (TPSA) is 89.8 Å². The number of aromatic nitrogens is 3. The zero-order chi connectivity index (χ0) is 64.1. The molecule has 0 unspecified atom stereocenters. The van der Waals surface area contributed by atoms with Gasteiger partial charge >= 0.3 is 11.9 Å². The van der Waals surface area contributed by atoms with Gasteiger partial charge in [0.1, 0.15) is 13.2 Å². The second-order valence-electron chi connectivity index (χ2n) is 24.2. The Labute approximate surface area is 556 Å². The molecule has 0 fully saturated rings. The number of nitrogens with zero attached hydrogens (tertiary/aromatic N) is 5. The highest BCUT2D eigenvalue weighted by molar-refractivity contribution is 7.00. The Morgan fingerprint density at radius 1 is 0.344 bits per heavy atom. The quantitative estimate of drug-likeness (QED) is 0.0786. The smallest absolute Gasteiger partial charge is 0.338 e. The molecule has 0 saturated heterocycles. The lowest BCUT2D eigenvalue weighted by Crippen LogP contribution is -2.61. The van der Waals surface area contributed by atoms with Crippen molar-refractivity contribution in [3.63, 3.8) is 0 Å². The molecule has 454 valence electrons. The van der Waals surface area contributed by atoms with E-state index >= 15 is 0 Å². The van der Waals surface area contributed by atoms with Gasteiger partial charge in [0.25, 0.3) is 6.71 Å². The van der Waals surface area contributed by atoms with Crippen molar-refractivity contribution in [2.45, 2.75) is 13.2 Å². The summed E-state index contributed by atoms with van der Waals surface area (Å²) in [5.41, 5.74) is 23.7. The third kappa shape index (κ3) is 10.3. The molecule has 2 aromatic heterocycles. The molecule has 4 heterocycles. The molecule has 10 heteroatoms. The normalized spacial score (nSPS) is 12.1. The Kier molecular flexibility index (Phi) is 14.6. The molecule has 2 aliphatic rings. The average Bonchev–Trinajstić information content (AvgIpc) is 0.891. The lowest BCUT2D eigenvalue weighted by molar-refractivity contribution is 0.0464. The molecule has 13 aromatic carbocycles. The van der Waals surface area contributed by atoms with E-state index in [9.17, 15) is 9.59 Å². The van der Waals surface area contributed by atoms with Crippen LogP contribution in [0.25, 0.3) is 83.6 Å². The summed E-state index contributed by atoms with van der Waals surface area (Å²) in [4.78, 5) is 43.8. The summed E-state index contributed by atoms with van der Waals surface area (Å²) < 4.78 is 14.1. The molecule has 9 nitrogen and oxygen atoms in total. The van der Waals surface area contributed by atoms with Crippen molar-refractivity contribution >= 4 is 91.0 Å². The molecular formula is C86H58BN5O4. The maximum Gasteiger partial charge on any atom is 0.338 e. The lowest BCUT2D eigenvalue weighted by Gasteiger charge is -2.45. The maximum absolute atomic E-state index is 14.1. The van der Waals surface area contributed by atoms with Gasteiger partial charge < -0.3 is 23.8 Å². The first-order chi connectivity index (χ1) is 47.5. The first kappa shape index (κ1) is 57.3. The highest BCUT2D eigenvalue weighted by atomic mass is 16.5. The van der Waals surface area contributed by atoms with Gasteiger partial charge in [-0.1, -0.05) is 224 Å². The fourth-order valence-corrected chi connectivity index (χ4v) is 14.0. The molecule has 0 bridgehead atoms. The SMILES string of the molecule is O=C(OCc1ccccc1)c1ccc2c(c1)c1cc(C(=O)OCc3ccccc3)ccc1n2-c1ccc(-c2nc(-c3ccccc3)cc(-c3ccccc3)n2)cc1-c1ccc(-c2ccc3c4c2N(c2ccccc2)c2ccccc2B4c2ccccc2N3c2ccccc2)cc1. The number of fused-ring (bicyclic) bond motifs is 7. The number of ether oxygens (including phenoxy) is 2. The van der Waals surface area contributed by atoms with Gasteiger partial charge in [0.05, 0.1) is 44.9 Å². The van der Waals surface area contributed by atoms with Gasteiger partial charge in [0.15, 0.2) is 5.82 Å². The van der Waals surface area contributed by atoms with Gasteiger partial charge in [-0.2, -0.15) is 0 Å². The van der Waals surface area contributed by atoms with Gasteiger partial charge in [-0.15, -0.1) is 0 Å². The van der Waals surface area contributed by atoms with E-state index in [0.717, 1.165) is 123 Å². The summed E-state index contributed by atoms with van der Waals surface area (Å²) in [5, 5.41) is 1.51. The predicted molar refractivity (Wildman–Crippen MR) is 389 cm³/mol. The Bertz CT molecular complexity index is 5280. The average molecular weight is 1240 g/mol. The van der Waals surface area contributed by atoms with E-state index in [2.05, 4.69) is 208 Å². The summed E-state index contributed by atoms with van der Waals surface area (Å²) in [6.07, 6.45) is 0. The third-order valence-electron chi connectivity index (χ3n) is 18.5. The van der Waals surface area contributed by atoms with E-state index in [4.69, 9.17) is 19.4 Å². The molecule has 0 aliphatic carbocycles. The van der Waals surface area contributed by atoms with Crippen molar-refractivity contribution in [3.05, 3.63) is 350 Å². The zero-order valence-electron chi connectivity index (χ0n) is 52.0. The highest BCUT2D eigenvalue weighted by Crippen LogP contribution is 2.49. The van der Waals surface area contributed by atoms with Crippen LogP contribution in [0.2, 0.25) is 0 Å². The van der Waals surface area contributed by atoms with Crippen molar-refractivity contribution in [3.8, 4) is 61.8 Å². The van der Waals surface area contributed by atoms with Crippen LogP contribution in [-0.2, 0) is 22.7 Å². The molecule has 0 N–H and O–H groups in total. The second kappa shape index (κ2) is 24.4. The van der Waals surface area contributed by atoms with E-state index in [0.29, 0.717) is 17.0 Å². The fourth-order valence-electron chi connectivity index (χ4n) is 14.0. The van der Waals surface area contributed by atoms with Gasteiger partial charge in [-0.3, -0.25) is 0 Å². The molecule has 17 rings (SSSR count). The first-order valence-electron chi connectivity index (χ1n) is 32.3. The molecule has 0 atom stereocenters. The van der Waals surface area contributed by atoms with Crippen LogP contribution in [0.15, 0.2) is 328 Å². The van der Waals surface area contributed by atoms with Crippen LogP contribution in [0.1, 0.15) is 31.8 Å². The van der Waals surface area contributed by atoms with Gasteiger partial charge in [-0.05, 0) is 142 Å². The number of anilines is 6. The summed E-state index contributed by atoms with van der Waals surface area (Å²) in [6, 6.07) is 112. The van der Waals surface area contributed by atoms with Gasteiger partial charge in [0, 0.05) is 67.0 Å². The van der Waals surface area contributed by atoms with Gasteiger partial charge in [-0.25, -0.2) is 19.6 Å². The van der Waals surface area contributed by atoms with Crippen LogP contribution in [0.5, 0.6) is 0 Å². The van der Waals surface area contributed by atoms with E-state index in [1.807, 2.05) is 133 Å². The second-order valence-corrected chi connectivity index (χ2v) is 24.2. The number of hydrogen-bond acceptors (Lipinski definition) is 8. The van der Waals surface area contributed by atoms with Crippen molar-refractivity contribution in [1.29, 1.82) is 0 Å². The van der Waals surface area contributed by atoms with E-state index < -0.39 is 11.9 Å². The molecule has 15 aromatic rings. The minimum Gasteiger partial charge on any atom is -0.457 e. The Balaban J connectivity index is 0.864. The summed E-state index contributed by atoms with van der Waals surface area (Å²) in [6.45, 7) is 0.172. The van der Waals surface area contributed by atoms with Gasteiger partial charge in [0.2, 0.25) is 0 Å². The number of benzene rings is 13. The van der Waals surface area contributed by atoms with Crippen LogP contribution >= 0.6 is 0 Å². The highest BCUT2D eigenvalue weighted by Gasteiger charge is 2.44. The fraction of sp³-hybridized carbons (Fsp3) is 0.0233. The molecule has 0 spiro atoms. The summed E-state index contributed by atoms with van der Waals surface area (Å²) in [5.74, 6) is -0.360. The van der Waals surface area contributed by atoms with E-state index in [-0.39, 0.29) is 19.9 Å². The van der Waals surface area contributed by atoms with Crippen molar-refractivity contribution in [2.75, 3.05) is 9.80 Å². The number of esters is 2. The molecule has 0 amide bonds. The molecule has 0 saturated carbocycles. The first-order valence-corrected chi connectivity index (χ1v) is 32.3. The van der Waals surface area contributed by atoms with Crippen molar-refractivity contribution in [1.82, 2.24) is 14.5 Å². The third-order valence-corrected chi connectivity index (χ3v) is 18.5. The molecular weight excluding hydrogens is 1180 g/mol. The Morgan fingerprint density at radius 2 is 0.771 bits per heavy atom. The van der Waals surface area contributed by atoms with Crippen LogP contribution in [0.4, 0.5) is 34.1 Å². The largest absolute Gasteiger partial charge is 0.457 e. The number of carbonyl (C=O) groups is 2. The lowest BCUT2D eigenvalue weighted by atomic mass is 9.33. The van der Waals surface area contributed by atoms with E-state index in [1.54, 1.807) is 0 Å². The minimum absolute atomic E-state index is 0.0601. The van der Waals surface area contributed by atoms with Crippen LogP contribution in [-0.4, -0.2) is 33.2 Å². The predicted octanol–water partition coefficient (Wildman–Crippen LogP) is 18.7. The van der Waals surface area contributed by atoms with E-state index in [1.165, 1.54) is 16.4 Å². The monoisotopic (exact) mass is 1240 g/mol. The number of para-hydroxylation sites is 4. The Morgan fingerprint density at radius 3 is 1.29 bits per heavy atom. The zero-order valence-corrected chi connectivity index (χ0v) is 52.0. The standard InChI is InChI=1S/C86H58BN5O4/c93-85(95-55-57-23-7-1-8-24-57)64-44-48-77-70(52-64)71-53-65(86(94)96-56-58-25-9-2-10-26-58)45-49-78(71)92(77)76-47-43-63(84-88-74(61-27-11-3-12-28-61)54-75(89-84)62-29-13-4-14-30-62)51-69(76)60-41-39-59(40-42-60)68-46-50-81-82-83(68)91(67-33-17-6-18-34-67)80-38-22-20-36-73(80)87(82)72-35-19-21-37-79(72)90(81)66-31-15-5-16-32-66/h1-54H,55-56H2. The minimum atomic E-state index is -0.462. The number of rotatable bonds is 14. The van der Waals surface area contributed by atoms with Crippen LogP contribution in [0.3, 0.4) is 0 Å². The van der Waals surface area contributed by atoms with Crippen molar-refractivity contribution < 1.29 is 19.1 Å².